The van der Waals surface area contributed by atoms with Crippen LogP contribution < -0.4 is 5.32 Å². The van der Waals surface area contributed by atoms with Gasteiger partial charge in [-0.2, -0.15) is 0 Å². The molecule has 0 saturated carbocycles. The van der Waals surface area contributed by atoms with E-state index in [1.807, 2.05) is 0 Å². The molecule has 0 aromatic heterocycles. The van der Waals surface area contributed by atoms with Gasteiger partial charge in [-0.1, -0.05) is 6.07 Å². The lowest BCUT2D eigenvalue weighted by molar-refractivity contribution is 0.0251. The molecule has 1 aliphatic heterocycles. The van der Waals surface area contributed by atoms with Crippen LogP contribution in [0.15, 0.2) is 18.2 Å². The highest BCUT2D eigenvalue weighted by atomic mass is 19.2. The van der Waals surface area contributed by atoms with Crippen LogP contribution in [0.4, 0.5) is 8.78 Å². The predicted octanol–water partition coefficient (Wildman–Crippen LogP) is 2.23. The molecule has 1 heterocycles. The first-order chi connectivity index (χ1) is 7.75. The van der Waals surface area contributed by atoms with Crippen LogP contribution in [-0.2, 0) is 11.3 Å². The Morgan fingerprint density at radius 2 is 2.19 bits per heavy atom. The van der Waals surface area contributed by atoms with Gasteiger partial charge in [-0.15, -0.1) is 0 Å². The lowest BCUT2D eigenvalue weighted by Crippen LogP contribution is -2.35. The summed E-state index contributed by atoms with van der Waals surface area (Å²) in [6.45, 7) is 2.21. The van der Waals surface area contributed by atoms with Gasteiger partial charge < -0.3 is 10.1 Å². The van der Waals surface area contributed by atoms with Crippen LogP contribution in [0.5, 0.6) is 0 Å². The summed E-state index contributed by atoms with van der Waals surface area (Å²) < 4.78 is 31.2. The molecule has 1 fully saturated rings. The van der Waals surface area contributed by atoms with Crippen molar-refractivity contribution in [1.82, 2.24) is 5.32 Å². The Bertz CT molecular complexity index is 351. The van der Waals surface area contributed by atoms with E-state index in [0.717, 1.165) is 32.0 Å². The van der Waals surface area contributed by atoms with Crippen molar-refractivity contribution in [2.75, 3.05) is 13.1 Å². The molecule has 0 spiro atoms. The summed E-state index contributed by atoms with van der Waals surface area (Å²) in [5.74, 6) is -1.63. The van der Waals surface area contributed by atoms with E-state index >= 15 is 0 Å². The Kier molecular flexibility index (Phi) is 3.85. The monoisotopic (exact) mass is 227 g/mol. The Hall–Kier alpha value is -1.00. The van der Waals surface area contributed by atoms with Crippen molar-refractivity contribution in [3.63, 3.8) is 0 Å². The van der Waals surface area contributed by atoms with Crippen LogP contribution in [0, 0.1) is 11.6 Å². The van der Waals surface area contributed by atoms with Crippen LogP contribution in [0.2, 0.25) is 0 Å². The molecular formula is C12H15F2NO. The zero-order valence-corrected chi connectivity index (χ0v) is 9.01. The predicted molar refractivity (Wildman–Crippen MR) is 57.0 cm³/mol. The molecule has 0 bridgehead atoms. The third kappa shape index (κ3) is 3.00. The number of nitrogens with one attached hydrogen (secondary N) is 1. The first-order valence-electron chi connectivity index (χ1n) is 5.52. The summed E-state index contributed by atoms with van der Waals surface area (Å²) in [6, 6.07) is 3.87. The van der Waals surface area contributed by atoms with Crippen molar-refractivity contribution in [2.45, 2.75) is 25.6 Å². The Morgan fingerprint density at radius 1 is 1.31 bits per heavy atom. The molecule has 0 aliphatic carbocycles. The summed E-state index contributed by atoms with van der Waals surface area (Å²) in [5.41, 5.74) is 0.671. The topological polar surface area (TPSA) is 21.3 Å². The van der Waals surface area contributed by atoms with E-state index in [9.17, 15) is 8.78 Å². The summed E-state index contributed by atoms with van der Waals surface area (Å²) in [4.78, 5) is 0. The van der Waals surface area contributed by atoms with Gasteiger partial charge in [0.25, 0.3) is 0 Å². The molecule has 4 heteroatoms. The van der Waals surface area contributed by atoms with Crippen LogP contribution in [0.3, 0.4) is 0 Å². The first kappa shape index (κ1) is 11.5. The van der Waals surface area contributed by atoms with Gasteiger partial charge in [0, 0.05) is 6.54 Å². The maximum absolute atomic E-state index is 12.9. The lowest BCUT2D eigenvalue weighted by Gasteiger charge is -2.23. The number of ether oxygens (including phenoxy) is 1. The normalized spacial score (nSPS) is 21.0. The zero-order valence-electron chi connectivity index (χ0n) is 9.01. The maximum Gasteiger partial charge on any atom is 0.159 e. The highest BCUT2D eigenvalue weighted by Crippen LogP contribution is 2.12. The lowest BCUT2D eigenvalue weighted by atomic mass is 10.1. The Labute approximate surface area is 93.6 Å². The second-order valence-electron chi connectivity index (χ2n) is 4.03. The second-order valence-corrected chi connectivity index (χ2v) is 4.03. The standard InChI is InChI=1S/C12H15F2NO/c13-11-4-3-9(6-12(11)14)8-16-10-2-1-5-15-7-10/h3-4,6,10,15H,1-2,5,7-8H2/t10-/m1/s1. The molecule has 1 saturated heterocycles. The number of rotatable bonds is 3. The number of hydrogen-bond acceptors (Lipinski definition) is 2. The van der Waals surface area contributed by atoms with E-state index in [1.54, 1.807) is 6.07 Å². The molecule has 16 heavy (non-hydrogen) atoms. The van der Waals surface area contributed by atoms with E-state index in [0.29, 0.717) is 12.2 Å². The largest absolute Gasteiger partial charge is 0.372 e. The molecule has 2 nitrogen and oxygen atoms in total. The van der Waals surface area contributed by atoms with E-state index in [-0.39, 0.29) is 6.10 Å². The molecule has 2 rings (SSSR count). The summed E-state index contributed by atoms with van der Waals surface area (Å²) in [7, 11) is 0. The molecule has 1 aliphatic rings. The molecule has 0 unspecified atom stereocenters. The van der Waals surface area contributed by atoms with Crippen molar-refractivity contribution in [3.8, 4) is 0 Å². The van der Waals surface area contributed by atoms with Crippen molar-refractivity contribution in [2.24, 2.45) is 0 Å². The zero-order chi connectivity index (χ0) is 11.4. The third-order valence-corrected chi connectivity index (χ3v) is 2.72. The van der Waals surface area contributed by atoms with E-state index < -0.39 is 11.6 Å². The van der Waals surface area contributed by atoms with Crippen molar-refractivity contribution in [1.29, 1.82) is 0 Å². The molecule has 1 atom stereocenters. The first-order valence-corrected chi connectivity index (χ1v) is 5.52. The molecule has 0 radical (unpaired) electrons. The minimum atomic E-state index is -0.817. The van der Waals surface area contributed by atoms with Gasteiger partial charge in [0.15, 0.2) is 11.6 Å². The van der Waals surface area contributed by atoms with Gasteiger partial charge >= 0.3 is 0 Å². The summed E-state index contributed by atoms with van der Waals surface area (Å²) in [6.07, 6.45) is 2.31. The third-order valence-electron chi connectivity index (χ3n) is 2.72. The highest BCUT2D eigenvalue weighted by Gasteiger charge is 2.13. The molecular weight excluding hydrogens is 212 g/mol. The van der Waals surface area contributed by atoms with Gasteiger partial charge in [-0.05, 0) is 37.1 Å². The van der Waals surface area contributed by atoms with Gasteiger partial charge in [0.1, 0.15) is 0 Å². The second kappa shape index (κ2) is 5.37. The fourth-order valence-electron chi connectivity index (χ4n) is 1.81. The van der Waals surface area contributed by atoms with Gasteiger partial charge in [0.05, 0.1) is 12.7 Å². The average molecular weight is 227 g/mol. The van der Waals surface area contributed by atoms with E-state index in [2.05, 4.69) is 5.32 Å². The van der Waals surface area contributed by atoms with Crippen molar-refractivity contribution >= 4 is 0 Å². The Balaban J connectivity index is 1.86. The maximum atomic E-state index is 12.9. The molecule has 1 N–H and O–H groups in total. The number of halogens is 2. The van der Waals surface area contributed by atoms with Crippen LogP contribution >= 0.6 is 0 Å². The molecule has 1 aromatic carbocycles. The smallest absolute Gasteiger partial charge is 0.159 e. The highest BCUT2D eigenvalue weighted by molar-refractivity contribution is 5.16. The Morgan fingerprint density at radius 3 is 2.88 bits per heavy atom. The SMILES string of the molecule is Fc1ccc(CO[C@@H]2CCCNC2)cc1F. The summed E-state index contributed by atoms with van der Waals surface area (Å²) >= 11 is 0. The molecule has 1 aromatic rings. The fourth-order valence-corrected chi connectivity index (χ4v) is 1.81. The number of piperidine rings is 1. The quantitative estimate of drug-likeness (QED) is 0.855. The number of benzene rings is 1. The van der Waals surface area contributed by atoms with Crippen molar-refractivity contribution < 1.29 is 13.5 Å². The fraction of sp³-hybridized carbons (Fsp3) is 0.500. The summed E-state index contributed by atoms with van der Waals surface area (Å²) in [5, 5.41) is 3.23. The van der Waals surface area contributed by atoms with E-state index in [1.165, 1.54) is 6.07 Å². The molecule has 88 valence electrons. The van der Waals surface area contributed by atoms with E-state index in [4.69, 9.17) is 4.74 Å². The van der Waals surface area contributed by atoms with Crippen LogP contribution in [0.25, 0.3) is 0 Å². The molecule has 0 amide bonds. The minimum absolute atomic E-state index is 0.182. The van der Waals surface area contributed by atoms with Gasteiger partial charge in [0.2, 0.25) is 0 Å². The van der Waals surface area contributed by atoms with Gasteiger partial charge in [-0.25, -0.2) is 8.78 Å². The average Bonchev–Trinajstić information content (AvgIpc) is 2.32. The van der Waals surface area contributed by atoms with Crippen molar-refractivity contribution in [3.05, 3.63) is 35.4 Å². The van der Waals surface area contributed by atoms with Crippen LogP contribution in [0.1, 0.15) is 18.4 Å². The van der Waals surface area contributed by atoms with Crippen LogP contribution in [-0.4, -0.2) is 19.2 Å². The number of hydrogen-bond donors (Lipinski definition) is 1. The minimum Gasteiger partial charge on any atom is -0.372 e. The van der Waals surface area contributed by atoms with Gasteiger partial charge in [-0.3, -0.25) is 0 Å².